The summed E-state index contributed by atoms with van der Waals surface area (Å²) in [4.78, 5) is 0. The summed E-state index contributed by atoms with van der Waals surface area (Å²) in [6, 6.07) is -0.0544. The zero-order valence-corrected chi connectivity index (χ0v) is 12.4. The molecule has 0 saturated carbocycles. The number of anilines is 1. The van der Waals surface area contributed by atoms with Gasteiger partial charge in [-0.15, -0.1) is 10.2 Å². The minimum Gasteiger partial charge on any atom is -0.297 e. The first-order valence-corrected chi connectivity index (χ1v) is 8.07. The molecule has 0 amide bonds. The number of rotatable bonds is 5. The average molecular weight is 287 g/mol. The Balaban J connectivity index is 2.19. The second-order valence-electron chi connectivity index (χ2n) is 4.93. The van der Waals surface area contributed by atoms with Gasteiger partial charge in [0.15, 0.2) is 0 Å². The molecule has 1 N–H and O–H groups in total. The lowest BCUT2D eigenvalue weighted by atomic mass is 10.2. The van der Waals surface area contributed by atoms with E-state index in [1.54, 1.807) is 7.05 Å². The molecule has 0 saturated heterocycles. The Morgan fingerprint density at radius 2 is 2.16 bits per heavy atom. The molecular weight excluding hydrogens is 266 g/mol. The van der Waals surface area contributed by atoms with Crippen molar-refractivity contribution in [3.63, 3.8) is 0 Å². The van der Waals surface area contributed by atoms with Crippen molar-refractivity contribution in [2.24, 2.45) is 0 Å². The Morgan fingerprint density at radius 3 is 2.84 bits per heavy atom. The van der Waals surface area contributed by atoms with E-state index in [4.69, 9.17) is 0 Å². The summed E-state index contributed by atoms with van der Waals surface area (Å²) in [7, 11) is -1.99. The first-order valence-electron chi connectivity index (χ1n) is 6.63. The third kappa shape index (κ3) is 2.89. The smallest absolute Gasteiger partial charge is 0.297 e. The van der Waals surface area contributed by atoms with Crippen LogP contribution in [0.2, 0.25) is 0 Å². The van der Waals surface area contributed by atoms with Gasteiger partial charge in [-0.25, -0.2) is 4.72 Å². The van der Waals surface area contributed by atoms with Crippen molar-refractivity contribution >= 4 is 16.2 Å². The maximum absolute atomic E-state index is 12.2. The van der Waals surface area contributed by atoms with Gasteiger partial charge in [-0.1, -0.05) is 6.92 Å². The summed E-state index contributed by atoms with van der Waals surface area (Å²) in [5, 5.41) is 7.98. The molecule has 108 valence electrons. The predicted molar refractivity (Wildman–Crippen MR) is 73.0 cm³/mol. The van der Waals surface area contributed by atoms with E-state index in [1.807, 2.05) is 18.4 Å². The maximum Gasteiger partial charge on any atom is 0.303 e. The van der Waals surface area contributed by atoms with E-state index in [9.17, 15) is 8.42 Å². The summed E-state index contributed by atoms with van der Waals surface area (Å²) in [5.74, 6) is 1.18. The van der Waals surface area contributed by atoms with Gasteiger partial charge in [-0.2, -0.15) is 12.7 Å². The van der Waals surface area contributed by atoms with E-state index in [2.05, 4.69) is 14.9 Å². The number of hydrogen-bond acceptors (Lipinski definition) is 4. The molecule has 1 unspecified atom stereocenters. The van der Waals surface area contributed by atoms with E-state index >= 15 is 0 Å². The van der Waals surface area contributed by atoms with Gasteiger partial charge in [0.2, 0.25) is 5.95 Å². The second kappa shape index (κ2) is 5.46. The highest BCUT2D eigenvalue weighted by molar-refractivity contribution is 7.90. The summed E-state index contributed by atoms with van der Waals surface area (Å²) in [5.41, 5.74) is 0. The molecule has 1 aliphatic rings. The molecule has 1 aromatic heterocycles. The van der Waals surface area contributed by atoms with E-state index in [0.717, 1.165) is 38.1 Å². The van der Waals surface area contributed by atoms with E-state index in [1.165, 1.54) is 4.31 Å². The largest absolute Gasteiger partial charge is 0.303 e. The fraction of sp³-hybridized carbons (Fsp3) is 0.818. The van der Waals surface area contributed by atoms with Gasteiger partial charge >= 0.3 is 10.2 Å². The quantitative estimate of drug-likeness (QED) is 0.876. The average Bonchev–Trinajstić information content (AvgIpc) is 2.80. The van der Waals surface area contributed by atoms with Crippen LogP contribution in [-0.4, -0.2) is 40.6 Å². The number of aromatic nitrogens is 3. The van der Waals surface area contributed by atoms with Crippen LogP contribution in [0.25, 0.3) is 0 Å². The highest BCUT2D eigenvalue weighted by atomic mass is 32.2. The van der Waals surface area contributed by atoms with Crippen molar-refractivity contribution in [1.29, 1.82) is 0 Å². The minimum atomic E-state index is -3.57. The standard InChI is InChI=1S/C11H21N5O2S/c1-4-9(2)15(3)19(17,18)14-11-13-12-10-7-5-6-8-16(10)11/h9H,4-8H2,1-3H3,(H,13,14). The molecule has 0 aromatic carbocycles. The number of nitrogens with one attached hydrogen (secondary N) is 1. The second-order valence-corrected chi connectivity index (χ2v) is 6.66. The summed E-state index contributed by atoms with van der Waals surface area (Å²) in [6.45, 7) is 4.60. The third-order valence-corrected chi connectivity index (χ3v) is 5.23. The molecule has 2 heterocycles. The van der Waals surface area contributed by atoms with Crippen molar-refractivity contribution in [3.8, 4) is 0 Å². The summed E-state index contributed by atoms with van der Waals surface area (Å²) < 4.78 is 30.1. The highest BCUT2D eigenvalue weighted by Gasteiger charge is 2.25. The van der Waals surface area contributed by atoms with Gasteiger partial charge < -0.3 is 0 Å². The van der Waals surface area contributed by atoms with Crippen LogP contribution in [0, 0.1) is 0 Å². The van der Waals surface area contributed by atoms with Crippen LogP contribution in [0.1, 0.15) is 38.9 Å². The first kappa shape index (κ1) is 14.3. The van der Waals surface area contributed by atoms with Crippen molar-refractivity contribution in [2.45, 2.75) is 52.1 Å². The van der Waals surface area contributed by atoms with Crippen LogP contribution in [-0.2, 0) is 23.2 Å². The Bertz CT molecular complexity index is 539. The van der Waals surface area contributed by atoms with Gasteiger partial charge in [-0.05, 0) is 26.2 Å². The number of aryl methyl sites for hydroxylation is 1. The molecule has 1 aromatic rings. The van der Waals surface area contributed by atoms with E-state index in [0.29, 0.717) is 5.95 Å². The molecule has 0 spiro atoms. The minimum absolute atomic E-state index is 0.0544. The van der Waals surface area contributed by atoms with Gasteiger partial charge in [0.05, 0.1) is 0 Å². The van der Waals surface area contributed by atoms with Crippen molar-refractivity contribution < 1.29 is 8.42 Å². The number of nitrogens with zero attached hydrogens (tertiary/aromatic N) is 4. The monoisotopic (exact) mass is 287 g/mol. The Kier molecular flexibility index (Phi) is 4.10. The van der Waals surface area contributed by atoms with Gasteiger partial charge in [0.1, 0.15) is 5.82 Å². The molecule has 8 heteroatoms. The molecular formula is C11H21N5O2S. The van der Waals surface area contributed by atoms with Crippen LogP contribution >= 0.6 is 0 Å². The lowest BCUT2D eigenvalue weighted by molar-refractivity contribution is 0.383. The zero-order valence-electron chi connectivity index (χ0n) is 11.6. The zero-order chi connectivity index (χ0) is 14.0. The molecule has 0 aliphatic carbocycles. The number of fused-ring (bicyclic) bond motifs is 1. The lowest BCUT2D eigenvalue weighted by Gasteiger charge is -2.23. The molecule has 19 heavy (non-hydrogen) atoms. The first-order chi connectivity index (χ1) is 8.95. The molecule has 0 radical (unpaired) electrons. The van der Waals surface area contributed by atoms with E-state index < -0.39 is 10.2 Å². The van der Waals surface area contributed by atoms with Crippen LogP contribution in [0.4, 0.5) is 5.95 Å². The number of hydrogen-bond donors (Lipinski definition) is 1. The van der Waals surface area contributed by atoms with Crippen molar-refractivity contribution in [1.82, 2.24) is 19.1 Å². The SMILES string of the molecule is CCC(C)N(C)S(=O)(=O)Nc1nnc2n1CCCC2. The van der Waals surface area contributed by atoms with Crippen LogP contribution in [0.15, 0.2) is 0 Å². The molecule has 2 rings (SSSR count). The molecule has 7 nitrogen and oxygen atoms in total. The van der Waals surface area contributed by atoms with Gasteiger partial charge in [0.25, 0.3) is 0 Å². The van der Waals surface area contributed by atoms with Crippen LogP contribution in [0.3, 0.4) is 0 Å². The molecule has 0 bridgehead atoms. The Morgan fingerprint density at radius 1 is 1.42 bits per heavy atom. The summed E-state index contributed by atoms with van der Waals surface area (Å²) in [6.07, 6.45) is 3.73. The highest BCUT2D eigenvalue weighted by Crippen LogP contribution is 2.19. The van der Waals surface area contributed by atoms with Crippen molar-refractivity contribution in [2.75, 3.05) is 11.8 Å². The molecule has 0 fully saturated rings. The predicted octanol–water partition coefficient (Wildman–Crippen LogP) is 1.00. The fourth-order valence-corrected chi connectivity index (χ4v) is 3.21. The normalized spacial score (nSPS) is 17.3. The van der Waals surface area contributed by atoms with Crippen LogP contribution < -0.4 is 4.72 Å². The van der Waals surface area contributed by atoms with Crippen molar-refractivity contribution in [3.05, 3.63) is 5.82 Å². The van der Waals surface area contributed by atoms with Crippen LogP contribution in [0.5, 0.6) is 0 Å². The van der Waals surface area contributed by atoms with Gasteiger partial charge in [-0.3, -0.25) is 4.57 Å². The Labute approximate surface area is 114 Å². The fourth-order valence-electron chi connectivity index (χ4n) is 2.07. The third-order valence-electron chi connectivity index (χ3n) is 3.67. The Hall–Kier alpha value is -1.15. The van der Waals surface area contributed by atoms with Gasteiger partial charge in [0, 0.05) is 26.1 Å². The molecule has 1 aliphatic heterocycles. The van der Waals surface area contributed by atoms with E-state index in [-0.39, 0.29) is 6.04 Å². The topological polar surface area (TPSA) is 80.1 Å². The summed E-state index contributed by atoms with van der Waals surface area (Å²) >= 11 is 0. The maximum atomic E-state index is 12.2. The molecule has 1 atom stereocenters. The lowest BCUT2D eigenvalue weighted by Crippen LogP contribution is -2.39.